The SMILES string of the molecule is CCc1c(C)cc(C(=O)N2C[C@@H]3CNC[C@@H]3[C@H]2c2cccc(F)c2)c(=O)n1C.Cl. The van der Waals surface area contributed by atoms with Gasteiger partial charge in [-0.05, 0) is 48.6 Å². The summed E-state index contributed by atoms with van der Waals surface area (Å²) in [6, 6.07) is 7.98. The summed E-state index contributed by atoms with van der Waals surface area (Å²) < 4.78 is 15.5. The molecule has 2 aliphatic rings. The lowest BCUT2D eigenvalue weighted by Crippen LogP contribution is -2.39. The summed E-state index contributed by atoms with van der Waals surface area (Å²) in [7, 11) is 1.72. The highest BCUT2D eigenvalue weighted by molar-refractivity contribution is 5.94. The first-order chi connectivity index (χ1) is 13.4. The lowest BCUT2D eigenvalue weighted by atomic mass is 9.89. The van der Waals surface area contributed by atoms with Gasteiger partial charge >= 0.3 is 0 Å². The summed E-state index contributed by atoms with van der Waals surface area (Å²) in [5, 5.41) is 3.38. The molecule has 2 saturated heterocycles. The normalized spacial score (nSPS) is 23.0. The molecule has 156 valence electrons. The summed E-state index contributed by atoms with van der Waals surface area (Å²) in [5.74, 6) is -0.0175. The number of likely N-dealkylation sites (tertiary alicyclic amines) is 1. The molecule has 4 rings (SSSR count). The van der Waals surface area contributed by atoms with E-state index in [1.807, 2.05) is 19.9 Å². The fourth-order valence-corrected chi connectivity index (χ4v) is 5.00. The summed E-state index contributed by atoms with van der Waals surface area (Å²) in [6.45, 7) is 6.14. The van der Waals surface area contributed by atoms with Crippen molar-refractivity contribution in [2.24, 2.45) is 18.9 Å². The second kappa shape index (κ2) is 8.28. The molecule has 0 saturated carbocycles. The van der Waals surface area contributed by atoms with Gasteiger partial charge in [-0.15, -0.1) is 12.4 Å². The molecular formula is C22H27ClFN3O2. The molecule has 0 unspecified atom stereocenters. The number of carbonyl (C=O) groups is 1. The number of halogens is 2. The molecule has 0 aliphatic carbocycles. The second-order valence-corrected chi connectivity index (χ2v) is 7.94. The Bertz CT molecular complexity index is 991. The number of amides is 1. The van der Waals surface area contributed by atoms with Gasteiger partial charge in [0.2, 0.25) is 0 Å². The molecule has 7 heteroatoms. The molecular weight excluding hydrogens is 393 g/mol. The van der Waals surface area contributed by atoms with E-state index in [0.717, 1.165) is 36.3 Å². The maximum Gasteiger partial charge on any atom is 0.263 e. The zero-order valence-electron chi connectivity index (χ0n) is 16.9. The third kappa shape index (κ3) is 3.60. The summed E-state index contributed by atoms with van der Waals surface area (Å²) in [5.41, 5.74) is 2.61. The van der Waals surface area contributed by atoms with E-state index in [1.54, 1.807) is 28.6 Å². The lowest BCUT2D eigenvalue weighted by Gasteiger charge is -2.29. The highest BCUT2D eigenvalue weighted by Crippen LogP contribution is 2.43. The van der Waals surface area contributed by atoms with Crippen molar-refractivity contribution in [3.8, 4) is 0 Å². The minimum atomic E-state index is -0.307. The van der Waals surface area contributed by atoms with Crippen molar-refractivity contribution in [1.82, 2.24) is 14.8 Å². The van der Waals surface area contributed by atoms with Crippen molar-refractivity contribution in [2.75, 3.05) is 19.6 Å². The number of aryl methyl sites for hydroxylation is 1. The van der Waals surface area contributed by atoms with Crippen LogP contribution >= 0.6 is 12.4 Å². The molecule has 29 heavy (non-hydrogen) atoms. The Labute approximate surface area is 176 Å². The van der Waals surface area contributed by atoms with Gasteiger partial charge in [-0.3, -0.25) is 9.59 Å². The molecule has 1 aromatic carbocycles. The Kier molecular flexibility index (Phi) is 6.15. The molecule has 1 aromatic heterocycles. The van der Waals surface area contributed by atoms with Crippen LogP contribution in [0.15, 0.2) is 35.1 Å². The maximum absolute atomic E-state index is 13.9. The fraction of sp³-hybridized carbons (Fsp3) is 0.455. The molecule has 0 spiro atoms. The highest BCUT2D eigenvalue weighted by Gasteiger charge is 2.47. The van der Waals surface area contributed by atoms with Gasteiger partial charge in [-0.2, -0.15) is 0 Å². The Hall–Kier alpha value is -2.18. The molecule has 2 aromatic rings. The lowest BCUT2D eigenvalue weighted by molar-refractivity contribution is 0.0711. The number of nitrogens with zero attached hydrogens (tertiary/aromatic N) is 2. The topological polar surface area (TPSA) is 54.3 Å². The first-order valence-corrected chi connectivity index (χ1v) is 9.89. The minimum absolute atomic E-state index is 0. The molecule has 1 amide bonds. The predicted octanol–water partition coefficient (Wildman–Crippen LogP) is 2.85. The van der Waals surface area contributed by atoms with E-state index in [-0.39, 0.29) is 47.2 Å². The van der Waals surface area contributed by atoms with E-state index < -0.39 is 0 Å². The average molecular weight is 420 g/mol. The van der Waals surface area contributed by atoms with Gasteiger partial charge < -0.3 is 14.8 Å². The van der Waals surface area contributed by atoms with Gasteiger partial charge in [0, 0.05) is 38.3 Å². The van der Waals surface area contributed by atoms with Crippen molar-refractivity contribution in [1.29, 1.82) is 0 Å². The molecule has 3 heterocycles. The van der Waals surface area contributed by atoms with Crippen LogP contribution in [0.5, 0.6) is 0 Å². The molecule has 2 aliphatic heterocycles. The van der Waals surface area contributed by atoms with Crippen molar-refractivity contribution >= 4 is 18.3 Å². The number of nitrogens with one attached hydrogen (secondary N) is 1. The Morgan fingerprint density at radius 2 is 2.03 bits per heavy atom. The van der Waals surface area contributed by atoms with Crippen LogP contribution in [0, 0.1) is 24.6 Å². The van der Waals surface area contributed by atoms with Crippen LogP contribution in [0.4, 0.5) is 4.39 Å². The smallest absolute Gasteiger partial charge is 0.263 e. The van der Waals surface area contributed by atoms with Crippen LogP contribution in [0.3, 0.4) is 0 Å². The number of rotatable bonds is 3. The fourth-order valence-electron chi connectivity index (χ4n) is 5.00. The highest BCUT2D eigenvalue weighted by atomic mass is 35.5. The Morgan fingerprint density at radius 1 is 1.28 bits per heavy atom. The Morgan fingerprint density at radius 3 is 2.72 bits per heavy atom. The largest absolute Gasteiger partial charge is 0.331 e. The van der Waals surface area contributed by atoms with Crippen molar-refractivity contribution in [2.45, 2.75) is 26.3 Å². The standard InChI is InChI=1S/C22H26FN3O2.ClH/c1-4-19-13(2)8-17(21(27)25(19)3)22(28)26-12-15-10-24-11-18(15)20(26)14-6-5-7-16(23)9-14;/h5-9,15,18,20,24H,4,10-12H2,1-3H3;1H/t15-,18-,20+;/m0./s1. The number of hydrogen-bond acceptors (Lipinski definition) is 3. The van der Waals surface area contributed by atoms with Crippen LogP contribution in [0.1, 0.15) is 40.1 Å². The summed E-state index contributed by atoms with van der Waals surface area (Å²) >= 11 is 0. The van der Waals surface area contributed by atoms with Crippen LogP contribution in [-0.2, 0) is 13.5 Å². The quantitative estimate of drug-likeness (QED) is 0.832. The van der Waals surface area contributed by atoms with Gasteiger partial charge in [0.05, 0.1) is 6.04 Å². The molecule has 0 bridgehead atoms. The van der Waals surface area contributed by atoms with Crippen molar-refractivity contribution in [3.05, 3.63) is 68.9 Å². The van der Waals surface area contributed by atoms with E-state index >= 15 is 0 Å². The number of benzene rings is 1. The summed E-state index contributed by atoms with van der Waals surface area (Å²) in [6.07, 6.45) is 0.734. The van der Waals surface area contributed by atoms with Gasteiger partial charge in [-0.25, -0.2) is 4.39 Å². The minimum Gasteiger partial charge on any atom is -0.331 e. The first-order valence-electron chi connectivity index (χ1n) is 9.89. The van der Waals surface area contributed by atoms with Crippen LogP contribution in [0.2, 0.25) is 0 Å². The van der Waals surface area contributed by atoms with Crippen LogP contribution in [-0.4, -0.2) is 35.0 Å². The second-order valence-electron chi connectivity index (χ2n) is 7.94. The third-order valence-corrected chi connectivity index (χ3v) is 6.34. The number of carbonyl (C=O) groups excluding carboxylic acids is 1. The molecule has 0 radical (unpaired) electrons. The van der Waals surface area contributed by atoms with E-state index in [9.17, 15) is 14.0 Å². The third-order valence-electron chi connectivity index (χ3n) is 6.34. The van der Waals surface area contributed by atoms with Gasteiger partial charge in [0.15, 0.2) is 0 Å². The van der Waals surface area contributed by atoms with E-state index in [4.69, 9.17) is 0 Å². The Balaban J connectivity index is 0.00000240. The van der Waals surface area contributed by atoms with Gasteiger partial charge in [0.1, 0.15) is 11.4 Å². The van der Waals surface area contributed by atoms with Crippen LogP contribution < -0.4 is 10.9 Å². The molecule has 3 atom stereocenters. The first kappa shape index (κ1) is 21.5. The zero-order chi connectivity index (χ0) is 20.0. The molecule has 5 nitrogen and oxygen atoms in total. The maximum atomic E-state index is 13.9. The van der Waals surface area contributed by atoms with Crippen molar-refractivity contribution < 1.29 is 9.18 Å². The van der Waals surface area contributed by atoms with E-state index in [1.165, 1.54) is 12.1 Å². The van der Waals surface area contributed by atoms with Gasteiger partial charge in [0.25, 0.3) is 11.5 Å². The monoisotopic (exact) mass is 419 g/mol. The molecule has 2 fully saturated rings. The number of pyridine rings is 1. The van der Waals surface area contributed by atoms with Crippen LogP contribution in [0.25, 0.3) is 0 Å². The van der Waals surface area contributed by atoms with Gasteiger partial charge in [-0.1, -0.05) is 19.1 Å². The number of aromatic nitrogens is 1. The average Bonchev–Trinajstić information content (AvgIpc) is 3.25. The van der Waals surface area contributed by atoms with E-state index in [0.29, 0.717) is 12.5 Å². The van der Waals surface area contributed by atoms with E-state index in [2.05, 4.69) is 5.32 Å². The number of hydrogen-bond donors (Lipinski definition) is 1. The summed E-state index contributed by atoms with van der Waals surface area (Å²) in [4.78, 5) is 28.1. The predicted molar refractivity (Wildman–Crippen MR) is 113 cm³/mol. The number of fused-ring (bicyclic) bond motifs is 1. The van der Waals surface area contributed by atoms with Crippen molar-refractivity contribution in [3.63, 3.8) is 0 Å². The molecule has 1 N–H and O–H groups in total. The zero-order valence-corrected chi connectivity index (χ0v) is 17.8.